The van der Waals surface area contributed by atoms with Crippen molar-refractivity contribution in [3.63, 3.8) is 0 Å². The summed E-state index contributed by atoms with van der Waals surface area (Å²) in [5, 5.41) is 3.91. The molecular weight excluding hydrogens is 270 g/mol. The lowest BCUT2D eigenvalue weighted by molar-refractivity contribution is 0.250. The first kappa shape index (κ1) is 14.8. The van der Waals surface area contributed by atoms with E-state index in [2.05, 4.69) is 41.3 Å². The van der Waals surface area contributed by atoms with Crippen molar-refractivity contribution in [1.29, 1.82) is 0 Å². The maximum Gasteiger partial charge on any atom is 0.0564 e. The van der Waals surface area contributed by atoms with Gasteiger partial charge in [0.2, 0.25) is 0 Å². The lowest BCUT2D eigenvalue weighted by atomic mass is 10.1. The fourth-order valence-corrected chi connectivity index (χ4v) is 2.33. The molecule has 106 valence electrons. The van der Waals surface area contributed by atoms with Gasteiger partial charge >= 0.3 is 0 Å². The van der Waals surface area contributed by atoms with Gasteiger partial charge in [-0.15, -0.1) is 0 Å². The average molecular weight is 290 g/mol. The quantitative estimate of drug-likeness (QED) is 0.903. The molecule has 3 nitrogen and oxygen atoms in total. The first-order valence-corrected chi connectivity index (χ1v) is 7.06. The number of hydrogen-bond acceptors (Lipinski definition) is 3. The van der Waals surface area contributed by atoms with Gasteiger partial charge < -0.3 is 5.32 Å². The average Bonchev–Trinajstić information content (AvgIpc) is 2.46. The molecule has 1 N–H and O–H groups in total. The first-order valence-electron chi connectivity index (χ1n) is 6.68. The van der Waals surface area contributed by atoms with Crippen LogP contribution in [0.1, 0.15) is 24.2 Å². The third-order valence-corrected chi connectivity index (χ3v) is 3.74. The van der Waals surface area contributed by atoms with Crippen LogP contribution in [0.15, 0.2) is 42.6 Å². The summed E-state index contributed by atoms with van der Waals surface area (Å²) in [6, 6.07) is 12.3. The van der Waals surface area contributed by atoms with Gasteiger partial charge in [-0.05, 0) is 43.8 Å². The van der Waals surface area contributed by atoms with E-state index in [1.54, 1.807) is 0 Å². The highest BCUT2D eigenvalue weighted by molar-refractivity contribution is 6.30. The highest BCUT2D eigenvalue weighted by atomic mass is 35.5. The van der Waals surface area contributed by atoms with Crippen LogP contribution in [0.4, 0.5) is 5.69 Å². The Balaban J connectivity index is 2.09. The van der Waals surface area contributed by atoms with Crippen LogP contribution in [0.5, 0.6) is 0 Å². The van der Waals surface area contributed by atoms with Crippen LogP contribution in [0.25, 0.3) is 0 Å². The standard InChI is InChI=1S/C16H20ClN3/c1-12(13-5-4-6-14(17)9-13)20(3)11-16-10-15(18-2)7-8-19-16/h4-10,12H,11H2,1-3H3,(H,18,19). The Morgan fingerprint density at radius 1 is 1.30 bits per heavy atom. The fraction of sp³-hybridized carbons (Fsp3) is 0.312. The second-order valence-corrected chi connectivity index (χ2v) is 5.37. The number of pyridine rings is 1. The zero-order valence-corrected chi connectivity index (χ0v) is 12.9. The molecule has 0 bridgehead atoms. The third kappa shape index (κ3) is 3.71. The van der Waals surface area contributed by atoms with Crippen LogP contribution >= 0.6 is 11.6 Å². The lowest BCUT2D eigenvalue weighted by Crippen LogP contribution is -2.22. The minimum atomic E-state index is 0.286. The van der Waals surface area contributed by atoms with E-state index in [4.69, 9.17) is 11.6 Å². The molecule has 0 saturated carbocycles. The van der Waals surface area contributed by atoms with Crippen molar-refractivity contribution >= 4 is 17.3 Å². The molecule has 0 radical (unpaired) electrons. The van der Waals surface area contributed by atoms with E-state index in [1.165, 1.54) is 5.56 Å². The number of nitrogens with one attached hydrogen (secondary N) is 1. The zero-order chi connectivity index (χ0) is 14.5. The van der Waals surface area contributed by atoms with Gasteiger partial charge in [-0.25, -0.2) is 0 Å². The van der Waals surface area contributed by atoms with Gasteiger partial charge in [-0.2, -0.15) is 0 Å². The van der Waals surface area contributed by atoms with E-state index < -0.39 is 0 Å². The Labute approximate surface area is 125 Å². The molecule has 0 spiro atoms. The van der Waals surface area contributed by atoms with Gasteiger partial charge in [-0.3, -0.25) is 9.88 Å². The summed E-state index contributed by atoms with van der Waals surface area (Å²) in [5.41, 5.74) is 3.34. The summed E-state index contributed by atoms with van der Waals surface area (Å²) < 4.78 is 0. The number of hydrogen-bond donors (Lipinski definition) is 1. The third-order valence-electron chi connectivity index (χ3n) is 3.51. The SMILES string of the molecule is CNc1ccnc(CN(C)C(C)c2cccc(Cl)c2)c1. The molecule has 1 aromatic heterocycles. The van der Waals surface area contributed by atoms with E-state index in [0.717, 1.165) is 22.9 Å². The van der Waals surface area contributed by atoms with E-state index in [9.17, 15) is 0 Å². The van der Waals surface area contributed by atoms with Gasteiger partial charge in [0.25, 0.3) is 0 Å². The number of aromatic nitrogens is 1. The summed E-state index contributed by atoms with van der Waals surface area (Å²) in [6.07, 6.45) is 1.83. The molecule has 2 aromatic rings. The normalized spacial score (nSPS) is 12.4. The Morgan fingerprint density at radius 2 is 2.10 bits per heavy atom. The van der Waals surface area contributed by atoms with E-state index >= 15 is 0 Å². The Morgan fingerprint density at radius 3 is 2.80 bits per heavy atom. The largest absolute Gasteiger partial charge is 0.388 e. The Bertz CT molecular complexity index is 571. The summed E-state index contributed by atoms with van der Waals surface area (Å²) in [6.45, 7) is 2.97. The molecular formula is C16H20ClN3. The van der Waals surface area contributed by atoms with Crippen molar-refractivity contribution in [3.8, 4) is 0 Å². The van der Waals surface area contributed by atoms with Crippen molar-refractivity contribution in [2.24, 2.45) is 0 Å². The van der Waals surface area contributed by atoms with Gasteiger partial charge in [0.15, 0.2) is 0 Å². The smallest absolute Gasteiger partial charge is 0.0564 e. The lowest BCUT2D eigenvalue weighted by Gasteiger charge is -2.25. The van der Waals surface area contributed by atoms with Crippen LogP contribution in [-0.4, -0.2) is 24.0 Å². The summed E-state index contributed by atoms with van der Waals surface area (Å²) >= 11 is 6.05. The second-order valence-electron chi connectivity index (χ2n) is 4.93. The monoisotopic (exact) mass is 289 g/mol. The molecule has 0 saturated heterocycles. The van der Waals surface area contributed by atoms with Crippen LogP contribution < -0.4 is 5.32 Å². The van der Waals surface area contributed by atoms with Gasteiger partial charge in [0, 0.05) is 36.5 Å². The molecule has 0 fully saturated rings. The van der Waals surface area contributed by atoms with Crippen LogP contribution in [-0.2, 0) is 6.54 Å². The van der Waals surface area contributed by atoms with Crippen molar-refractivity contribution in [3.05, 3.63) is 58.9 Å². The molecule has 0 aliphatic carbocycles. The summed E-state index contributed by atoms with van der Waals surface area (Å²) in [4.78, 5) is 6.67. The van der Waals surface area contributed by atoms with Gasteiger partial charge in [0.05, 0.1) is 5.69 Å². The highest BCUT2D eigenvalue weighted by Gasteiger charge is 2.13. The maximum atomic E-state index is 6.05. The number of benzene rings is 1. The first-order chi connectivity index (χ1) is 9.60. The van der Waals surface area contributed by atoms with Crippen LogP contribution in [0, 0.1) is 0 Å². The summed E-state index contributed by atoms with van der Waals surface area (Å²) in [7, 11) is 4.01. The minimum absolute atomic E-state index is 0.286. The molecule has 2 rings (SSSR count). The van der Waals surface area contributed by atoms with E-state index in [-0.39, 0.29) is 6.04 Å². The number of anilines is 1. The fourth-order valence-electron chi connectivity index (χ4n) is 2.13. The van der Waals surface area contributed by atoms with Crippen LogP contribution in [0.3, 0.4) is 0 Å². The molecule has 1 aromatic carbocycles. The number of nitrogens with zero attached hydrogens (tertiary/aromatic N) is 2. The molecule has 0 aliphatic rings. The molecule has 0 aliphatic heterocycles. The predicted octanol–water partition coefficient (Wildman–Crippen LogP) is 3.97. The van der Waals surface area contributed by atoms with Crippen molar-refractivity contribution in [2.45, 2.75) is 19.5 Å². The zero-order valence-electron chi connectivity index (χ0n) is 12.1. The number of rotatable bonds is 5. The number of halogens is 1. The molecule has 1 atom stereocenters. The van der Waals surface area contributed by atoms with Gasteiger partial charge in [-0.1, -0.05) is 23.7 Å². The minimum Gasteiger partial charge on any atom is -0.388 e. The Kier molecular flexibility index (Phi) is 4.99. The molecule has 20 heavy (non-hydrogen) atoms. The van der Waals surface area contributed by atoms with Gasteiger partial charge in [0.1, 0.15) is 0 Å². The second kappa shape index (κ2) is 6.73. The molecule has 1 unspecified atom stereocenters. The van der Waals surface area contributed by atoms with Crippen LogP contribution in [0.2, 0.25) is 5.02 Å². The molecule has 1 heterocycles. The Hall–Kier alpha value is -1.58. The van der Waals surface area contributed by atoms with E-state index in [0.29, 0.717) is 0 Å². The van der Waals surface area contributed by atoms with Crippen molar-refractivity contribution < 1.29 is 0 Å². The maximum absolute atomic E-state index is 6.05. The molecule has 4 heteroatoms. The highest BCUT2D eigenvalue weighted by Crippen LogP contribution is 2.23. The topological polar surface area (TPSA) is 28.2 Å². The van der Waals surface area contributed by atoms with Crippen molar-refractivity contribution in [2.75, 3.05) is 19.4 Å². The summed E-state index contributed by atoms with van der Waals surface area (Å²) in [5.74, 6) is 0. The van der Waals surface area contributed by atoms with E-state index in [1.807, 2.05) is 37.5 Å². The predicted molar refractivity (Wildman–Crippen MR) is 85.1 cm³/mol. The van der Waals surface area contributed by atoms with Crippen molar-refractivity contribution in [1.82, 2.24) is 9.88 Å². The molecule has 0 amide bonds.